The molecule has 1 amide bonds. The monoisotopic (exact) mass is 366 g/mol. The smallest absolute Gasteiger partial charge is 0.274 e. The molecular formula is C19H22N6O2. The van der Waals surface area contributed by atoms with Crippen molar-refractivity contribution in [2.45, 2.75) is 38.5 Å². The minimum absolute atomic E-state index is 0.0367. The maximum absolute atomic E-state index is 12.8. The Labute approximate surface area is 157 Å². The van der Waals surface area contributed by atoms with Crippen molar-refractivity contribution in [3.05, 3.63) is 47.9 Å². The fourth-order valence-electron chi connectivity index (χ4n) is 3.41. The minimum atomic E-state index is -0.0506. The molecule has 0 spiro atoms. The van der Waals surface area contributed by atoms with Gasteiger partial charge in [0.1, 0.15) is 5.69 Å². The summed E-state index contributed by atoms with van der Waals surface area (Å²) in [4.78, 5) is 23.2. The zero-order valence-corrected chi connectivity index (χ0v) is 15.3. The minimum Gasteiger partial charge on any atom is -0.339 e. The number of aromatic nitrogens is 5. The van der Waals surface area contributed by atoms with Gasteiger partial charge >= 0.3 is 0 Å². The predicted molar refractivity (Wildman–Crippen MR) is 98.0 cm³/mol. The molecular weight excluding hydrogens is 344 g/mol. The molecule has 1 aliphatic rings. The van der Waals surface area contributed by atoms with Crippen LogP contribution in [0.4, 0.5) is 0 Å². The zero-order chi connectivity index (χ0) is 18.6. The highest BCUT2D eigenvalue weighted by molar-refractivity contribution is 5.92. The lowest BCUT2D eigenvalue weighted by molar-refractivity contribution is 0.0689. The lowest BCUT2D eigenvalue weighted by Gasteiger charge is -2.30. The summed E-state index contributed by atoms with van der Waals surface area (Å²) in [5, 5.41) is 11.2. The van der Waals surface area contributed by atoms with Gasteiger partial charge in [0.25, 0.3) is 5.91 Å². The van der Waals surface area contributed by atoms with E-state index < -0.39 is 0 Å². The fraction of sp³-hybridized carbons (Fsp3) is 0.421. The van der Waals surface area contributed by atoms with E-state index in [1.54, 1.807) is 12.4 Å². The molecule has 3 aromatic rings. The van der Waals surface area contributed by atoms with Crippen LogP contribution >= 0.6 is 0 Å². The first-order valence-corrected chi connectivity index (χ1v) is 9.32. The Morgan fingerprint density at radius 2 is 2.37 bits per heavy atom. The van der Waals surface area contributed by atoms with Gasteiger partial charge in [-0.2, -0.15) is 10.1 Å². The summed E-state index contributed by atoms with van der Waals surface area (Å²) in [7, 11) is 0. The highest BCUT2D eigenvalue weighted by Crippen LogP contribution is 2.28. The predicted octanol–water partition coefficient (Wildman–Crippen LogP) is 2.83. The van der Waals surface area contributed by atoms with Crippen LogP contribution in [-0.4, -0.2) is 49.2 Å². The quantitative estimate of drug-likeness (QED) is 0.745. The number of nitrogens with zero attached hydrogens (tertiary/aromatic N) is 5. The van der Waals surface area contributed by atoms with Crippen LogP contribution in [0.25, 0.3) is 11.4 Å². The van der Waals surface area contributed by atoms with Crippen LogP contribution in [0, 0.1) is 0 Å². The maximum atomic E-state index is 12.8. The molecule has 0 unspecified atom stereocenters. The number of amides is 1. The van der Waals surface area contributed by atoms with Crippen LogP contribution in [0.5, 0.6) is 0 Å². The van der Waals surface area contributed by atoms with Gasteiger partial charge in [-0.1, -0.05) is 18.5 Å². The summed E-state index contributed by atoms with van der Waals surface area (Å²) in [6.07, 6.45) is 7.13. The fourth-order valence-corrected chi connectivity index (χ4v) is 3.41. The molecule has 3 aromatic heterocycles. The number of carbonyl (C=O) groups excluding carboxylic acids is 1. The maximum Gasteiger partial charge on any atom is 0.274 e. The van der Waals surface area contributed by atoms with E-state index >= 15 is 0 Å². The molecule has 140 valence electrons. The number of piperidine rings is 1. The van der Waals surface area contributed by atoms with Gasteiger partial charge in [-0.15, -0.1) is 0 Å². The Balaban J connectivity index is 1.46. The second-order valence-corrected chi connectivity index (χ2v) is 6.82. The van der Waals surface area contributed by atoms with E-state index in [-0.39, 0.29) is 11.8 Å². The van der Waals surface area contributed by atoms with Crippen molar-refractivity contribution in [2.75, 3.05) is 13.1 Å². The molecule has 0 aliphatic carbocycles. The molecule has 4 rings (SSSR count). The zero-order valence-electron chi connectivity index (χ0n) is 15.3. The van der Waals surface area contributed by atoms with Crippen molar-refractivity contribution < 1.29 is 9.32 Å². The highest BCUT2D eigenvalue weighted by atomic mass is 16.5. The van der Waals surface area contributed by atoms with Gasteiger partial charge in [0.15, 0.2) is 0 Å². The van der Waals surface area contributed by atoms with Crippen LogP contribution in [0.15, 0.2) is 35.1 Å². The number of nitrogens with one attached hydrogen (secondary N) is 1. The lowest BCUT2D eigenvalue weighted by atomic mass is 9.97. The van der Waals surface area contributed by atoms with Gasteiger partial charge in [0, 0.05) is 36.7 Å². The number of hydrogen-bond acceptors (Lipinski definition) is 6. The number of likely N-dealkylation sites (tertiary alicyclic amines) is 1. The Hall–Kier alpha value is -3.03. The molecule has 0 bridgehead atoms. The molecule has 1 N–H and O–H groups in total. The van der Waals surface area contributed by atoms with Gasteiger partial charge in [-0.05, 0) is 37.5 Å². The largest absolute Gasteiger partial charge is 0.339 e. The van der Waals surface area contributed by atoms with Crippen LogP contribution in [0.1, 0.15) is 54.2 Å². The van der Waals surface area contributed by atoms with Crippen molar-refractivity contribution in [3.8, 4) is 11.4 Å². The topological polar surface area (TPSA) is 101 Å². The molecule has 1 saturated heterocycles. The summed E-state index contributed by atoms with van der Waals surface area (Å²) >= 11 is 0. The van der Waals surface area contributed by atoms with Crippen molar-refractivity contribution >= 4 is 5.91 Å². The van der Waals surface area contributed by atoms with Crippen molar-refractivity contribution in [2.24, 2.45) is 0 Å². The summed E-state index contributed by atoms with van der Waals surface area (Å²) in [5.74, 6) is 1.08. The second kappa shape index (κ2) is 7.69. The third-order valence-electron chi connectivity index (χ3n) is 4.79. The Morgan fingerprint density at radius 1 is 1.44 bits per heavy atom. The first-order chi connectivity index (χ1) is 13.2. The number of aromatic amines is 1. The van der Waals surface area contributed by atoms with Gasteiger partial charge in [-0.25, -0.2) is 0 Å². The standard InChI is InChI=1S/C19H22N6O2/c1-2-5-15-10-16(23-22-15)19(26)25-9-4-7-14(12-25)18-21-17(24-27-18)13-6-3-8-20-11-13/h3,6,8,10-11,14H,2,4-5,7,9,12H2,1H3,(H,22,23)/t14-/m1/s1. The molecule has 0 saturated carbocycles. The number of pyridine rings is 1. The summed E-state index contributed by atoms with van der Waals surface area (Å²) in [5.41, 5.74) is 2.28. The van der Waals surface area contributed by atoms with Crippen molar-refractivity contribution in [1.29, 1.82) is 0 Å². The summed E-state index contributed by atoms with van der Waals surface area (Å²) in [6.45, 7) is 3.38. The SMILES string of the molecule is CCCc1cc(C(=O)N2CCC[C@@H](c3nc(-c4cccnc4)no3)C2)n[nH]1. The van der Waals surface area contributed by atoms with Gasteiger partial charge in [0.2, 0.25) is 11.7 Å². The third-order valence-corrected chi connectivity index (χ3v) is 4.79. The van der Waals surface area contributed by atoms with Crippen LogP contribution in [0.3, 0.4) is 0 Å². The number of H-pyrrole nitrogens is 1. The lowest BCUT2D eigenvalue weighted by Crippen LogP contribution is -2.39. The van der Waals surface area contributed by atoms with E-state index in [1.165, 1.54) is 0 Å². The van der Waals surface area contributed by atoms with Gasteiger partial charge < -0.3 is 9.42 Å². The molecule has 8 nitrogen and oxygen atoms in total. The summed E-state index contributed by atoms with van der Waals surface area (Å²) in [6, 6.07) is 5.58. The van der Waals surface area contributed by atoms with E-state index in [4.69, 9.17) is 4.52 Å². The second-order valence-electron chi connectivity index (χ2n) is 6.82. The third kappa shape index (κ3) is 3.74. The van der Waals surface area contributed by atoms with E-state index in [9.17, 15) is 4.79 Å². The van der Waals surface area contributed by atoms with Crippen molar-refractivity contribution in [3.63, 3.8) is 0 Å². The number of carbonyl (C=O) groups is 1. The number of aryl methyl sites for hydroxylation is 1. The van der Waals surface area contributed by atoms with Crippen LogP contribution in [0.2, 0.25) is 0 Å². The number of rotatable bonds is 5. The van der Waals surface area contributed by atoms with E-state index in [1.807, 2.05) is 23.1 Å². The summed E-state index contributed by atoms with van der Waals surface area (Å²) < 4.78 is 5.48. The average Bonchev–Trinajstić information content (AvgIpc) is 3.39. The Morgan fingerprint density at radius 3 is 3.19 bits per heavy atom. The Bertz CT molecular complexity index is 904. The highest BCUT2D eigenvalue weighted by Gasteiger charge is 2.30. The van der Waals surface area contributed by atoms with E-state index in [2.05, 4.69) is 32.2 Å². The van der Waals surface area contributed by atoms with Gasteiger partial charge in [-0.3, -0.25) is 14.9 Å². The van der Waals surface area contributed by atoms with Crippen LogP contribution in [-0.2, 0) is 6.42 Å². The van der Waals surface area contributed by atoms with Crippen LogP contribution < -0.4 is 0 Å². The normalized spacial score (nSPS) is 17.2. The Kier molecular flexibility index (Phi) is 4.95. The first kappa shape index (κ1) is 17.4. The average molecular weight is 366 g/mol. The molecule has 0 aromatic carbocycles. The molecule has 1 fully saturated rings. The molecule has 8 heteroatoms. The number of hydrogen-bond donors (Lipinski definition) is 1. The molecule has 27 heavy (non-hydrogen) atoms. The van der Waals surface area contributed by atoms with E-state index in [0.717, 1.165) is 43.5 Å². The van der Waals surface area contributed by atoms with E-state index in [0.29, 0.717) is 24.0 Å². The molecule has 1 aliphatic heterocycles. The van der Waals surface area contributed by atoms with Crippen molar-refractivity contribution in [1.82, 2.24) is 30.2 Å². The first-order valence-electron chi connectivity index (χ1n) is 9.32. The molecule has 1 atom stereocenters. The molecule has 4 heterocycles. The molecule has 0 radical (unpaired) electrons. The van der Waals surface area contributed by atoms with Gasteiger partial charge in [0.05, 0.1) is 5.92 Å².